The minimum Gasteiger partial charge on any atom is -0.494 e. The summed E-state index contributed by atoms with van der Waals surface area (Å²) in [5.41, 5.74) is 1.63. The molecule has 1 atom stereocenters. The van der Waals surface area contributed by atoms with Gasteiger partial charge in [-0.05, 0) is 57.5 Å². The second-order valence-corrected chi connectivity index (χ2v) is 5.56. The number of aryl methyl sites for hydroxylation is 2. The largest absolute Gasteiger partial charge is 0.494 e. The maximum absolute atomic E-state index is 12.6. The van der Waals surface area contributed by atoms with Gasteiger partial charge >= 0.3 is 5.69 Å². The third-order valence-electron chi connectivity index (χ3n) is 3.71. The standard InChI is InChI=1S/C18H23N3O3/c1-5-16(21-13(4)11-12(3)19-18(21)23)17(22)20-14-7-9-15(10-8-14)24-6-2/h7-11,16H,5-6H2,1-4H3,(H,20,22). The lowest BCUT2D eigenvalue weighted by molar-refractivity contribution is -0.119. The molecule has 1 aromatic heterocycles. The second-order valence-electron chi connectivity index (χ2n) is 5.56. The summed E-state index contributed by atoms with van der Waals surface area (Å²) in [5, 5.41) is 2.85. The number of hydrogen-bond acceptors (Lipinski definition) is 4. The van der Waals surface area contributed by atoms with Crippen LogP contribution in [0.5, 0.6) is 5.75 Å². The normalized spacial score (nSPS) is 11.8. The first-order valence-electron chi connectivity index (χ1n) is 8.06. The molecular weight excluding hydrogens is 306 g/mol. The predicted molar refractivity (Wildman–Crippen MR) is 93.5 cm³/mol. The number of carbonyl (C=O) groups is 1. The van der Waals surface area contributed by atoms with Crippen LogP contribution in [0.25, 0.3) is 0 Å². The monoisotopic (exact) mass is 329 g/mol. The number of carbonyl (C=O) groups excluding carboxylic acids is 1. The van der Waals surface area contributed by atoms with Crippen molar-refractivity contribution in [3.63, 3.8) is 0 Å². The van der Waals surface area contributed by atoms with Gasteiger partial charge < -0.3 is 10.1 Å². The van der Waals surface area contributed by atoms with Crippen LogP contribution in [0, 0.1) is 13.8 Å². The number of benzene rings is 1. The number of rotatable bonds is 6. The molecule has 1 aromatic carbocycles. The van der Waals surface area contributed by atoms with Gasteiger partial charge in [-0.3, -0.25) is 9.36 Å². The maximum Gasteiger partial charge on any atom is 0.348 e. The molecule has 2 aromatic rings. The zero-order chi connectivity index (χ0) is 17.7. The Morgan fingerprint density at radius 3 is 2.46 bits per heavy atom. The van der Waals surface area contributed by atoms with E-state index in [0.717, 1.165) is 11.4 Å². The fraction of sp³-hybridized carbons (Fsp3) is 0.389. The molecule has 6 nitrogen and oxygen atoms in total. The zero-order valence-corrected chi connectivity index (χ0v) is 14.5. The van der Waals surface area contributed by atoms with Crippen molar-refractivity contribution in [2.75, 3.05) is 11.9 Å². The summed E-state index contributed by atoms with van der Waals surface area (Å²) in [6.45, 7) is 7.94. The number of hydrogen-bond donors (Lipinski definition) is 1. The molecule has 0 bridgehead atoms. The molecule has 0 aliphatic rings. The molecule has 0 fully saturated rings. The Labute approximate surface area is 141 Å². The Morgan fingerprint density at radius 2 is 1.92 bits per heavy atom. The molecular formula is C18H23N3O3. The Hall–Kier alpha value is -2.63. The van der Waals surface area contributed by atoms with Gasteiger partial charge in [0.25, 0.3) is 0 Å². The minimum atomic E-state index is -0.600. The first-order valence-corrected chi connectivity index (χ1v) is 8.06. The van der Waals surface area contributed by atoms with E-state index in [1.54, 1.807) is 37.3 Å². The van der Waals surface area contributed by atoms with Crippen LogP contribution in [0.2, 0.25) is 0 Å². The van der Waals surface area contributed by atoms with Crippen molar-refractivity contribution >= 4 is 11.6 Å². The molecule has 6 heteroatoms. The summed E-state index contributed by atoms with van der Waals surface area (Å²) in [6, 6.07) is 8.35. The highest BCUT2D eigenvalue weighted by Gasteiger charge is 2.22. The average Bonchev–Trinajstić information content (AvgIpc) is 2.52. The Kier molecular flexibility index (Phi) is 5.73. The van der Waals surface area contributed by atoms with Crippen LogP contribution >= 0.6 is 0 Å². The van der Waals surface area contributed by atoms with Crippen molar-refractivity contribution < 1.29 is 9.53 Å². The first-order chi connectivity index (χ1) is 11.5. The van der Waals surface area contributed by atoms with Gasteiger partial charge in [0, 0.05) is 17.1 Å². The van der Waals surface area contributed by atoms with E-state index in [2.05, 4.69) is 10.3 Å². The molecule has 128 valence electrons. The molecule has 1 unspecified atom stereocenters. The third kappa shape index (κ3) is 4.01. The van der Waals surface area contributed by atoms with Crippen LogP contribution in [0.1, 0.15) is 37.7 Å². The second kappa shape index (κ2) is 7.77. The van der Waals surface area contributed by atoms with Gasteiger partial charge in [-0.25, -0.2) is 4.79 Å². The smallest absolute Gasteiger partial charge is 0.348 e. The number of ether oxygens (including phenoxy) is 1. The molecule has 0 spiro atoms. The lowest BCUT2D eigenvalue weighted by atomic mass is 10.1. The fourth-order valence-corrected chi connectivity index (χ4v) is 2.65. The van der Waals surface area contributed by atoms with Crippen molar-refractivity contribution in [3.8, 4) is 5.75 Å². The minimum absolute atomic E-state index is 0.238. The highest BCUT2D eigenvalue weighted by Crippen LogP contribution is 2.19. The van der Waals surface area contributed by atoms with Gasteiger partial charge in [0.2, 0.25) is 5.91 Å². The summed E-state index contributed by atoms with van der Waals surface area (Å²) in [4.78, 5) is 28.7. The summed E-state index contributed by atoms with van der Waals surface area (Å²) in [6.07, 6.45) is 0.494. The van der Waals surface area contributed by atoms with Gasteiger partial charge in [-0.2, -0.15) is 4.98 Å². The molecule has 0 aliphatic carbocycles. The first kappa shape index (κ1) is 17.7. The predicted octanol–water partition coefficient (Wildman–Crippen LogP) is 2.85. The molecule has 0 radical (unpaired) electrons. The molecule has 0 saturated heterocycles. The summed E-state index contributed by atoms with van der Waals surface area (Å²) in [7, 11) is 0. The highest BCUT2D eigenvalue weighted by molar-refractivity contribution is 5.93. The van der Waals surface area contributed by atoms with E-state index in [1.807, 2.05) is 20.8 Å². The summed E-state index contributed by atoms with van der Waals surface area (Å²) >= 11 is 0. The van der Waals surface area contributed by atoms with Crippen LogP contribution in [0.4, 0.5) is 5.69 Å². The van der Waals surface area contributed by atoms with E-state index < -0.39 is 11.7 Å². The zero-order valence-electron chi connectivity index (χ0n) is 14.5. The number of nitrogens with one attached hydrogen (secondary N) is 1. The Bertz CT molecular complexity index is 766. The topological polar surface area (TPSA) is 73.2 Å². The van der Waals surface area contributed by atoms with E-state index in [-0.39, 0.29) is 5.91 Å². The van der Waals surface area contributed by atoms with Crippen LogP contribution in [0.3, 0.4) is 0 Å². The highest BCUT2D eigenvalue weighted by atomic mass is 16.5. The fourth-order valence-electron chi connectivity index (χ4n) is 2.65. The third-order valence-corrected chi connectivity index (χ3v) is 3.71. The molecule has 24 heavy (non-hydrogen) atoms. The Balaban J connectivity index is 2.22. The van der Waals surface area contributed by atoms with Crippen molar-refractivity contribution in [1.29, 1.82) is 0 Å². The lowest BCUT2D eigenvalue weighted by Crippen LogP contribution is -2.36. The van der Waals surface area contributed by atoms with E-state index in [4.69, 9.17) is 4.74 Å². The number of amides is 1. The lowest BCUT2D eigenvalue weighted by Gasteiger charge is -2.20. The van der Waals surface area contributed by atoms with Crippen LogP contribution in [-0.2, 0) is 4.79 Å². The van der Waals surface area contributed by atoms with Crippen molar-refractivity contribution in [2.45, 2.75) is 40.2 Å². The SMILES string of the molecule is CCOc1ccc(NC(=O)C(CC)n2c(C)cc(C)nc2=O)cc1. The quantitative estimate of drug-likeness (QED) is 0.884. The van der Waals surface area contributed by atoms with Crippen molar-refractivity contribution in [3.05, 3.63) is 52.2 Å². The molecule has 0 aliphatic heterocycles. The van der Waals surface area contributed by atoms with Crippen LogP contribution in [0.15, 0.2) is 35.1 Å². The van der Waals surface area contributed by atoms with Gasteiger partial charge in [0.05, 0.1) is 6.61 Å². The van der Waals surface area contributed by atoms with Gasteiger partial charge in [-0.1, -0.05) is 6.92 Å². The average molecular weight is 329 g/mol. The molecule has 0 saturated carbocycles. The molecule has 1 heterocycles. The van der Waals surface area contributed by atoms with E-state index in [1.165, 1.54) is 4.57 Å². The Morgan fingerprint density at radius 1 is 1.25 bits per heavy atom. The van der Waals surface area contributed by atoms with Crippen LogP contribution in [-0.4, -0.2) is 22.1 Å². The molecule has 2 rings (SSSR count). The number of nitrogens with zero attached hydrogens (tertiary/aromatic N) is 2. The maximum atomic E-state index is 12.6. The van der Waals surface area contributed by atoms with Gasteiger partial charge in [0.15, 0.2) is 0 Å². The molecule has 1 N–H and O–H groups in total. The van der Waals surface area contributed by atoms with Crippen LogP contribution < -0.4 is 15.7 Å². The van der Waals surface area contributed by atoms with Crippen molar-refractivity contribution in [1.82, 2.24) is 9.55 Å². The van der Waals surface area contributed by atoms with E-state index >= 15 is 0 Å². The van der Waals surface area contributed by atoms with E-state index in [0.29, 0.717) is 24.4 Å². The van der Waals surface area contributed by atoms with Gasteiger partial charge in [-0.15, -0.1) is 0 Å². The number of aromatic nitrogens is 2. The summed E-state index contributed by atoms with van der Waals surface area (Å²) < 4.78 is 6.82. The van der Waals surface area contributed by atoms with E-state index in [9.17, 15) is 9.59 Å². The van der Waals surface area contributed by atoms with Gasteiger partial charge in [0.1, 0.15) is 11.8 Å². The van der Waals surface area contributed by atoms with Crippen molar-refractivity contribution in [2.24, 2.45) is 0 Å². The number of anilines is 1. The molecule has 1 amide bonds. The summed E-state index contributed by atoms with van der Waals surface area (Å²) in [5.74, 6) is 0.509.